The molecule has 1 heterocycles. The zero-order chi connectivity index (χ0) is 18.8. The highest BCUT2D eigenvalue weighted by molar-refractivity contribution is 7.13. The lowest BCUT2D eigenvalue weighted by atomic mass is 9.94. The summed E-state index contributed by atoms with van der Waals surface area (Å²) < 4.78 is 39.0. The first-order chi connectivity index (χ1) is 11.5. The maximum absolute atomic E-state index is 13.0. The van der Waals surface area contributed by atoms with Crippen molar-refractivity contribution in [2.45, 2.75) is 37.9 Å². The SMILES string of the molecule is CC(N)(CCCc1ccc(-c2sccc2C(F)(F)F)cc1Cl)C(=O)O.Cl. The summed E-state index contributed by atoms with van der Waals surface area (Å²) in [5, 5.41) is 10.7. The number of benzene rings is 1. The molecule has 1 unspecified atom stereocenters. The van der Waals surface area contributed by atoms with E-state index in [4.69, 9.17) is 22.4 Å². The lowest BCUT2D eigenvalue weighted by molar-refractivity contribution is -0.143. The Morgan fingerprint density at radius 3 is 2.50 bits per heavy atom. The van der Waals surface area contributed by atoms with Gasteiger partial charge in [-0.15, -0.1) is 23.7 Å². The number of carboxylic acid groups (broad SMARTS) is 1. The molecule has 0 saturated carbocycles. The minimum absolute atomic E-state index is 0. The van der Waals surface area contributed by atoms with Crippen molar-refractivity contribution in [3.05, 3.63) is 45.8 Å². The van der Waals surface area contributed by atoms with Crippen LogP contribution in [0.3, 0.4) is 0 Å². The predicted molar refractivity (Wildman–Crippen MR) is 100 cm³/mol. The van der Waals surface area contributed by atoms with E-state index in [2.05, 4.69) is 0 Å². The standard InChI is InChI=1S/C17H17ClF3NO2S.ClH/c1-16(22,15(23)24)7-2-3-10-4-5-11(9-13(10)18)14-12(6-8-25-14)17(19,20)21;/h4-6,8-9H,2-3,7,22H2,1H3,(H,23,24);1H. The molecular weight excluding hydrogens is 410 g/mol. The van der Waals surface area contributed by atoms with Crippen LogP contribution in [0.1, 0.15) is 30.9 Å². The molecule has 0 radical (unpaired) electrons. The largest absolute Gasteiger partial charge is 0.480 e. The van der Waals surface area contributed by atoms with Crippen LogP contribution < -0.4 is 5.73 Å². The molecule has 2 aromatic rings. The van der Waals surface area contributed by atoms with Gasteiger partial charge in [-0.1, -0.05) is 23.7 Å². The molecule has 26 heavy (non-hydrogen) atoms. The van der Waals surface area contributed by atoms with Gasteiger partial charge in [-0.25, -0.2) is 0 Å². The smallest absolute Gasteiger partial charge is 0.417 e. The van der Waals surface area contributed by atoms with Gasteiger partial charge in [0.25, 0.3) is 0 Å². The quantitative estimate of drug-likeness (QED) is 0.627. The number of halogens is 5. The van der Waals surface area contributed by atoms with E-state index in [9.17, 15) is 18.0 Å². The fourth-order valence-electron chi connectivity index (χ4n) is 2.40. The number of nitrogens with two attached hydrogens (primary N) is 1. The zero-order valence-corrected chi connectivity index (χ0v) is 16.2. The van der Waals surface area contributed by atoms with Gasteiger partial charge >= 0.3 is 12.1 Å². The van der Waals surface area contributed by atoms with E-state index in [1.807, 2.05) is 0 Å². The van der Waals surface area contributed by atoms with Crippen LogP contribution in [0.4, 0.5) is 13.2 Å². The summed E-state index contributed by atoms with van der Waals surface area (Å²) in [6, 6.07) is 5.83. The van der Waals surface area contributed by atoms with Crippen LogP contribution in [-0.4, -0.2) is 16.6 Å². The number of hydrogen-bond donors (Lipinski definition) is 2. The maximum atomic E-state index is 13.0. The van der Waals surface area contributed by atoms with Crippen molar-refractivity contribution >= 4 is 41.3 Å². The highest BCUT2D eigenvalue weighted by Gasteiger charge is 2.34. The lowest BCUT2D eigenvalue weighted by Gasteiger charge is -2.18. The average molecular weight is 428 g/mol. The van der Waals surface area contributed by atoms with Crippen molar-refractivity contribution in [2.75, 3.05) is 0 Å². The van der Waals surface area contributed by atoms with Crippen molar-refractivity contribution in [1.82, 2.24) is 0 Å². The van der Waals surface area contributed by atoms with Gasteiger partial charge < -0.3 is 10.8 Å². The van der Waals surface area contributed by atoms with Gasteiger partial charge in [0.2, 0.25) is 0 Å². The third-order valence-corrected chi connectivity index (χ3v) is 5.23. The molecule has 0 aliphatic carbocycles. The number of carbonyl (C=O) groups is 1. The van der Waals surface area contributed by atoms with Crippen molar-refractivity contribution in [1.29, 1.82) is 0 Å². The number of hydrogen-bond acceptors (Lipinski definition) is 3. The Labute approximate surface area is 164 Å². The normalized spacial score (nSPS) is 13.8. The summed E-state index contributed by atoms with van der Waals surface area (Å²) in [5.41, 5.74) is 4.83. The van der Waals surface area contributed by atoms with Crippen LogP contribution in [-0.2, 0) is 17.4 Å². The van der Waals surface area contributed by atoms with E-state index in [0.717, 1.165) is 23.0 Å². The minimum Gasteiger partial charge on any atom is -0.480 e. The zero-order valence-electron chi connectivity index (χ0n) is 13.8. The van der Waals surface area contributed by atoms with Gasteiger partial charge in [0.05, 0.1) is 5.56 Å². The van der Waals surface area contributed by atoms with Crippen LogP contribution in [0.15, 0.2) is 29.6 Å². The molecule has 0 bridgehead atoms. The predicted octanol–water partition coefficient (Wildman–Crippen LogP) is 5.63. The molecule has 0 aliphatic rings. The van der Waals surface area contributed by atoms with Crippen LogP contribution in [0.5, 0.6) is 0 Å². The van der Waals surface area contributed by atoms with Crippen LogP contribution >= 0.6 is 35.3 Å². The third kappa shape index (κ3) is 5.36. The lowest BCUT2D eigenvalue weighted by Crippen LogP contribution is -2.44. The monoisotopic (exact) mass is 427 g/mol. The van der Waals surface area contributed by atoms with E-state index in [-0.39, 0.29) is 23.7 Å². The van der Waals surface area contributed by atoms with Crippen molar-refractivity contribution in [3.63, 3.8) is 0 Å². The van der Waals surface area contributed by atoms with E-state index < -0.39 is 23.2 Å². The molecule has 1 atom stereocenters. The molecule has 2 rings (SSSR count). The van der Waals surface area contributed by atoms with Crippen LogP contribution in [0.25, 0.3) is 10.4 Å². The second-order valence-electron chi connectivity index (χ2n) is 6.04. The molecular formula is C17H18Cl2F3NO2S. The summed E-state index contributed by atoms with van der Waals surface area (Å²) in [7, 11) is 0. The summed E-state index contributed by atoms with van der Waals surface area (Å²) >= 11 is 7.21. The number of rotatable bonds is 6. The molecule has 0 fully saturated rings. The highest BCUT2D eigenvalue weighted by Crippen LogP contribution is 2.41. The molecule has 3 N–H and O–H groups in total. The van der Waals surface area contributed by atoms with Gasteiger partial charge in [0.15, 0.2) is 0 Å². The number of aryl methyl sites for hydroxylation is 1. The molecule has 1 aromatic heterocycles. The van der Waals surface area contributed by atoms with Gasteiger partial charge in [0, 0.05) is 9.90 Å². The first-order valence-corrected chi connectivity index (χ1v) is 8.74. The topological polar surface area (TPSA) is 63.3 Å². The second-order valence-corrected chi connectivity index (χ2v) is 7.37. The molecule has 0 saturated heterocycles. The molecule has 0 spiro atoms. The van der Waals surface area contributed by atoms with Gasteiger partial charge in [-0.2, -0.15) is 13.2 Å². The van der Waals surface area contributed by atoms with E-state index in [1.54, 1.807) is 12.1 Å². The van der Waals surface area contributed by atoms with Crippen molar-refractivity contribution in [2.24, 2.45) is 5.73 Å². The summed E-state index contributed by atoms with van der Waals surface area (Å²) in [6.07, 6.45) is -3.15. The Morgan fingerprint density at radius 1 is 1.31 bits per heavy atom. The van der Waals surface area contributed by atoms with Gasteiger partial charge in [-0.05, 0) is 54.8 Å². The Hall–Kier alpha value is -1.28. The minimum atomic E-state index is -4.41. The second kappa shape index (κ2) is 8.61. The summed E-state index contributed by atoms with van der Waals surface area (Å²) in [4.78, 5) is 11.1. The molecule has 0 amide bonds. The molecule has 1 aromatic carbocycles. The molecule has 3 nitrogen and oxygen atoms in total. The highest BCUT2D eigenvalue weighted by atomic mass is 35.5. The van der Waals surface area contributed by atoms with Gasteiger partial charge in [-0.3, -0.25) is 4.79 Å². The maximum Gasteiger partial charge on any atom is 0.417 e. The fraction of sp³-hybridized carbons (Fsp3) is 0.353. The molecule has 144 valence electrons. The number of alkyl halides is 3. The van der Waals surface area contributed by atoms with E-state index >= 15 is 0 Å². The number of carboxylic acids is 1. The third-order valence-electron chi connectivity index (χ3n) is 3.92. The van der Waals surface area contributed by atoms with Crippen LogP contribution in [0, 0.1) is 0 Å². The molecule has 9 heteroatoms. The first kappa shape index (κ1) is 22.8. The fourth-order valence-corrected chi connectivity index (χ4v) is 3.59. The average Bonchev–Trinajstić information content (AvgIpc) is 2.98. The Bertz CT molecular complexity index is 776. The Kier molecular flexibility index (Phi) is 7.53. The Morgan fingerprint density at radius 2 is 1.96 bits per heavy atom. The number of thiophene rings is 1. The van der Waals surface area contributed by atoms with Crippen molar-refractivity contribution < 1.29 is 23.1 Å². The Balaban J connectivity index is 0.00000338. The van der Waals surface area contributed by atoms with E-state index in [1.165, 1.54) is 18.4 Å². The van der Waals surface area contributed by atoms with E-state index in [0.29, 0.717) is 23.4 Å². The number of aliphatic carboxylic acids is 1. The molecule has 0 aliphatic heterocycles. The van der Waals surface area contributed by atoms with Crippen molar-refractivity contribution in [3.8, 4) is 10.4 Å². The van der Waals surface area contributed by atoms with Gasteiger partial charge in [0.1, 0.15) is 5.54 Å². The van der Waals surface area contributed by atoms with Crippen LogP contribution in [0.2, 0.25) is 5.02 Å². The first-order valence-electron chi connectivity index (χ1n) is 7.48. The summed E-state index contributed by atoms with van der Waals surface area (Å²) in [6.45, 7) is 1.44. The summed E-state index contributed by atoms with van der Waals surface area (Å²) in [5.74, 6) is -1.08.